The molecule has 23 heavy (non-hydrogen) atoms. The molecule has 5 rings (SSSR count). The number of benzene rings is 2. The summed E-state index contributed by atoms with van der Waals surface area (Å²) in [6.45, 7) is 0. The van der Waals surface area contributed by atoms with Gasteiger partial charge in [0.15, 0.2) is 0 Å². The van der Waals surface area contributed by atoms with E-state index in [1.54, 1.807) is 0 Å². The van der Waals surface area contributed by atoms with Gasteiger partial charge < -0.3 is 4.90 Å². The quantitative estimate of drug-likeness (QED) is 0.713. The van der Waals surface area contributed by atoms with E-state index in [1.165, 1.54) is 4.90 Å². The van der Waals surface area contributed by atoms with Crippen molar-refractivity contribution in [3.63, 3.8) is 0 Å². The molecule has 3 atom stereocenters. The second-order valence-corrected chi connectivity index (χ2v) is 7.50. The van der Waals surface area contributed by atoms with Crippen LogP contribution in [0.25, 0.3) is 10.8 Å². The van der Waals surface area contributed by atoms with Crippen LogP contribution in [0.5, 0.6) is 0 Å². The van der Waals surface area contributed by atoms with E-state index in [2.05, 4.69) is 15.9 Å². The summed E-state index contributed by atoms with van der Waals surface area (Å²) >= 11 is 3.55. The maximum absolute atomic E-state index is 13.0. The van der Waals surface area contributed by atoms with Crippen molar-refractivity contribution in [2.75, 3.05) is 4.90 Å². The minimum atomic E-state index is -0.233. The summed E-state index contributed by atoms with van der Waals surface area (Å²) in [6.07, 6.45) is 3.10. The predicted octanol–water partition coefficient (Wildman–Crippen LogP) is 3.92. The molecular formula is C18H15BrN2O2. The maximum atomic E-state index is 13.0. The fourth-order valence-corrected chi connectivity index (χ4v) is 5.06. The van der Waals surface area contributed by atoms with E-state index >= 15 is 0 Å². The molecule has 2 aliphatic heterocycles. The van der Waals surface area contributed by atoms with Crippen molar-refractivity contribution < 1.29 is 9.59 Å². The van der Waals surface area contributed by atoms with Gasteiger partial charge in [0.25, 0.3) is 5.91 Å². The molecule has 5 heteroatoms. The molecule has 116 valence electrons. The Labute approximate surface area is 142 Å². The lowest BCUT2D eigenvalue weighted by molar-refractivity contribution is -0.120. The summed E-state index contributed by atoms with van der Waals surface area (Å²) in [6, 6.07) is 11.5. The first-order chi connectivity index (χ1) is 11.2. The smallest absolute Gasteiger partial charge is 0.309 e. The standard InChI is InChI=1S/C18H15BrN2O2/c19-14-7-8-15(13-4-2-1-3-12(13)14)21-17(22)16-10-5-6-11(9-10)20(16)18(21)23/h1-4,7-8,10-11,16H,5-6,9H2/t10?,11?,16-/m1/s1. The molecule has 2 saturated heterocycles. The molecular weight excluding hydrogens is 356 g/mol. The van der Waals surface area contributed by atoms with Gasteiger partial charge in [0.05, 0.1) is 5.69 Å². The highest BCUT2D eigenvalue weighted by Gasteiger charge is 2.59. The third-order valence-electron chi connectivity index (χ3n) is 5.56. The van der Waals surface area contributed by atoms with Gasteiger partial charge in [0, 0.05) is 15.9 Å². The molecule has 0 radical (unpaired) electrons. The van der Waals surface area contributed by atoms with Crippen LogP contribution < -0.4 is 4.90 Å². The van der Waals surface area contributed by atoms with Gasteiger partial charge in [-0.05, 0) is 42.7 Å². The third-order valence-corrected chi connectivity index (χ3v) is 6.25. The number of amides is 3. The molecule has 2 aromatic carbocycles. The summed E-state index contributed by atoms with van der Waals surface area (Å²) in [4.78, 5) is 29.2. The number of hydrogen-bond acceptors (Lipinski definition) is 2. The molecule has 2 bridgehead atoms. The van der Waals surface area contributed by atoms with Crippen molar-refractivity contribution in [1.82, 2.24) is 4.90 Å². The Balaban J connectivity index is 1.67. The molecule has 1 saturated carbocycles. The van der Waals surface area contributed by atoms with E-state index in [0.29, 0.717) is 11.6 Å². The SMILES string of the molecule is O=C1[C@H]2C3CCC(C3)N2C(=O)N1c1ccc(Br)c2ccccc12. The molecule has 0 N–H and O–H groups in total. The summed E-state index contributed by atoms with van der Waals surface area (Å²) < 4.78 is 0.969. The van der Waals surface area contributed by atoms with Crippen LogP contribution in [0.15, 0.2) is 40.9 Å². The highest BCUT2D eigenvalue weighted by molar-refractivity contribution is 9.10. The van der Waals surface area contributed by atoms with Crippen LogP contribution >= 0.6 is 15.9 Å². The Bertz CT molecular complexity index is 837. The van der Waals surface area contributed by atoms with Crippen molar-refractivity contribution in [3.05, 3.63) is 40.9 Å². The number of piperidine rings is 1. The monoisotopic (exact) mass is 370 g/mol. The topological polar surface area (TPSA) is 40.6 Å². The van der Waals surface area contributed by atoms with E-state index in [1.807, 2.05) is 41.3 Å². The van der Waals surface area contributed by atoms with Crippen LogP contribution in [0.1, 0.15) is 19.3 Å². The van der Waals surface area contributed by atoms with Crippen LogP contribution in [0.4, 0.5) is 10.5 Å². The Hall–Kier alpha value is -1.88. The number of carbonyl (C=O) groups excluding carboxylic acids is 2. The van der Waals surface area contributed by atoms with Crippen molar-refractivity contribution in [2.45, 2.75) is 31.3 Å². The lowest BCUT2D eigenvalue weighted by atomic mass is 9.99. The van der Waals surface area contributed by atoms with Crippen LogP contribution in [0.3, 0.4) is 0 Å². The normalized spacial score (nSPS) is 29.0. The van der Waals surface area contributed by atoms with Gasteiger partial charge in [0.2, 0.25) is 0 Å². The summed E-state index contributed by atoms with van der Waals surface area (Å²) in [7, 11) is 0. The van der Waals surface area contributed by atoms with Gasteiger partial charge in [-0.15, -0.1) is 0 Å². The largest absolute Gasteiger partial charge is 0.332 e. The average Bonchev–Trinajstić information content (AvgIpc) is 3.24. The second-order valence-electron chi connectivity index (χ2n) is 6.65. The van der Waals surface area contributed by atoms with Gasteiger partial charge in [-0.25, -0.2) is 9.69 Å². The van der Waals surface area contributed by atoms with Crippen molar-refractivity contribution in [3.8, 4) is 0 Å². The highest BCUT2D eigenvalue weighted by Crippen LogP contribution is 2.48. The maximum Gasteiger partial charge on any atom is 0.332 e. The highest BCUT2D eigenvalue weighted by atomic mass is 79.9. The predicted molar refractivity (Wildman–Crippen MR) is 91.3 cm³/mol. The van der Waals surface area contributed by atoms with Crippen molar-refractivity contribution in [2.24, 2.45) is 5.92 Å². The number of halogens is 1. The first-order valence-electron chi connectivity index (χ1n) is 8.00. The Morgan fingerprint density at radius 3 is 2.57 bits per heavy atom. The van der Waals surface area contributed by atoms with E-state index in [4.69, 9.17) is 0 Å². The molecule has 0 spiro atoms. The van der Waals surface area contributed by atoms with E-state index in [0.717, 1.165) is 34.5 Å². The van der Waals surface area contributed by atoms with E-state index < -0.39 is 0 Å². The van der Waals surface area contributed by atoms with Crippen LogP contribution in [0.2, 0.25) is 0 Å². The fraction of sp³-hybridized carbons (Fsp3) is 0.333. The molecule has 3 amide bonds. The zero-order chi connectivity index (χ0) is 15.7. The Morgan fingerprint density at radius 2 is 1.78 bits per heavy atom. The first kappa shape index (κ1) is 13.5. The zero-order valence-corrected chi connectivity index (χ0v) is 14.0. The summed E-state index contributed by atoms with van der Waals surface area (Å²) in [5, 5.41) is 1.94. The minimum Gasteiger partial charge on any atom is -0.309 e. The summed E-state index contributed by atoms with van der Waals surface area (Å²) in [5.74, 6) is 0.304. The van der Waals surface area contributed by atoms with Gasteiger partial charge in [-0.1, -0.05) is 40.2 Å². The van der Waals surface area contributed by atoms with E-state index in [-0.39, 0.29) is 24.0 Å². The van der Waals surface area contributed by atoms with E-state index in [9.17, 15) is 9.59 Å². The minimum absolute atomic E-state index is 0.0466. The van der Waals surface area contributed by atoms with Crippen LogP contribution in [0, 0.1) is 5.92 Å². The third kappa shape index (κ3) is 1.66. The van der Waals surface area contributed by atoms with Gasteiger partial charge >= 0.3 is 6.03 Å². The van der Waals surface area contributed by atoms with Gasteiger partial charge in [0.1, 0.15) is 6.04 Å². The second kappa shape index (κ2) is 4.57. The molecule has 2 unspecified atom stereocenters. The van der Waals surface area contributed by atoms with Crippen LogP contribution in [-0.4, -0.2) is 28.9 Å². The number of rotatable bonds is 1. The fourth-order valence-electron chi connectivity index (χ4n) is 4.59. The molecule has 2 heterocycles. The number of fused-ring (bicyclic) bond motifs is 6. The molecule has 4 nitrogen and oxygen atoms in total. The first-order valence-corrected chi connectivity index (χ1v) is 8.79. The number of urea groups is 1. The van der Waals surface area contributed by atoms with Crippen molar-refractivity contribution in [1.29, 1.82) is 0 Å². The Kier molecular flexibility index (Phi) is 2.69. The Morgan fingerprint density at radius 1 is 1.00 bits per heavy atom. The molecule has 2 aromatic rings. The van der Waals surface area contributed by atoms with Crippen molar-refractivity contribution >= 4 is 44.3 Å². The molecule has 1 aliphatic carbocycles. The molecule has 0 aromatic heterocycles. The summed E-state index contributed by atoms with van der Waals surface area (Å²) in [5.41, 5.74) is 0.701. The number of nitrogens with zero attached hydrogens (tertiary/aromatic N) is 2. The number of imide groups is 1. The average molecular weight is 371 g/mol. The van der Waals surface area contributed by atoms with Crippen LogP contribution in [-0.2, 0) is 4.79 Å². The molecule has 3 fully saturated rings. The zero-order valence-electron chi connectivity index (χ0n) is 12.4. The number of anilines is 1. The lowest BCUT2D eigenvalue weighted by Crippen LogP contribution is -2.40. The lowest BCUT2D eigenvalue weighted by Gasteiger charge is -2.25. The van der Waals surface area contributed by atoms with Gasteiger partial charge in [-0.2, -0.15) is 0 Å². The molecule has 3 aliphatic rings. The number of hydrogen-bond donors (Lipinski definition) is 0. The van der Waals surface area contributed by atoms with Gasteiger partial charge in [-0.3, -0.25) is 4.79 Å². The number of carbonyl (C=O) groups is 2.